The van der Waals surface area contributed by atoms with E-state index in [1.807, 2.05) is 6.07 Å². The van der Waals surface area contributed by atoms with Crippen LogP contribution in [0.2, 0.25) is 0 Å². The number of nitrogen functional groups attached to an aromatic ring is 1. The Kier molecular flexibility index (Phi) is 4.46. The summed E-state index contributed by atoms with van der Waals surface area (Å²) in [6.45, 7) is 5.62. The Morgan fingerprint density at radius 2 is 2.18 bits per heavy atom. The molecule has 2 N–H and O–H groups in total. The number of anilines is 1. The second kappa shape index (κ2) is 5.87. The van der Waals surface area contributed by atoms with E-state index >= 15 is 0 Å². The van der Waals surface area contributed by atoms with Crippen LogP contribution in [0, 0.1) is 5.92 Å². The Labute approximate surface area is 112 Å². The zero-order valence-electron chi connectivity index (χ0n) is 10.5. The van der Waals surface area contributed by atoms with Crippen LogP contribution in [-0.4, -0.2) is 18.0 Å². The Balaban J connectivity index is 1.94. The van der Waals surface area contributed by atoms with Gasteiger partial charge in [-0.25, -0.2) is 0 Å². The highest BCUT2D eigenvalue weighted by molar-refractivity contribution is 9.10. The number of hydrogen-bond acceptors (Lipinski definition) is 2. The average molecular weight is 297 g/mol. The van der Waals surface area contributed by atoms with Crippen molar-refractivity contribution in [2.24, 2.45) is 5.92 Å². The van der Waals surface area contributed by atoms with Gasteiger partial charge in [0.2, 0.25) is 0 Å². The number of rotatable bonds is 5. The normalized spacial score (nSPS) is 16.2. The van der Waals surface area contributed by atoms with Crippen LogP contribution in [0.4, 0.5) is 5.69 Å². The molecule has 2 nitrogen and oxygen atoms in total. The summed E-state index contributed by atoms with van der Waals surface area (Å²) in [7, 11) is 0. The molecule has 0 radical (unpaired) electrons. The van der Waals surface area contributed by atoms with Crippen molar-refractivity contribution in [2.75, 3.05) is 18.8 Å². The summed E-state index contributed by atoms with van der Waals surface area (Å²) in [5.74, 6) is 0.933. The molecule has 94 valence electrons. The Bertz CT molecular complexity index is 374. The standard InChI is InChI=1S/C14H21BrN2/c1-2-17(9-11-4-3-5-11)10-12-6-7-13(15)14(16)8-12/h6-8,11H,2-5,9-10,16H2,1H3. The maximum absolute atomic E-state index is 5.91. The molecule has 3 heteroatoms. The molecule has 0 spiro atoms. The van der Waals surface area contributed by atoms with E-state index in [-0.39, 0.29) is 0 Å². The van der Waals surface area contributed by atoms with Gasteiger partial charge in [0.1, 0.15) is 0 Å². The maximum Gasteiger partial charge on any atom is 0.0461 e. The number of nitrogens with zero attached hydrogens (tertiary/aromatic N) is 1. The molecule has 1 aromatic rings. The molecule has 0 aromatic heterocycles. The van der Waals surface area contributed by atoms with Crippen LogP contribution in [0.25, 0.3) is 0 Å². The molecule has 0 amide bonds. The van der Waals surface area contributed by atoms with Crippen molar-refractivity contribution < 1.29 is 0 Å². The molecule has 1 aliphatic rings. The maximum atomic E-state index is 5.91. The molecule has 0 atom stereocenters. The predicted octanol–water partition coefficient (Wildman–Crippen LogP) is 3.65. The zero-order valence-corrected chi connectivity index (χ0v) is 12.0. The highest BCUT2D eigenvalue weighted by Gasteiger charge is 2.19. The first-order valence-electron chi connectivity index (χ1n) is 6.45. The summed E-state index contributed by atoms with van der Waals surface area (Å²) in [6, 6.07) is 6.28. The quantitative estimate of drug-likeness (QED) is 0.841. The first-order chi connectivity index (χ1) is 8.19. The van der Waals surface area contributed by atoms with E-state index in [2.05, 4.69) is 39.9 Å². The smallest absolute Gasteiger partial charge is 0.0461 e. The lowest BCUT2D eigenvalue weighted by atomic mass is 9.85. The molecule has 2 rings (SSSR count). The van der Waals surface area contributed by atoms with E-state index in [9.17, 15) is 0 Å². The molecule has 0 unspecified atom stereocenters. The van der Waals surface area contributed by atoms with Crippen molar-refractivity contribution in [3.05, 3.63) is 28.2 Å². The number of benzene rings is 1. The van der Waals surface area contributed by atoms with E-state index < -0.39 is 0 Å². The summed E-state index contributed by atoms with van der Waals surface area (Å²) < 4.78 is 0.989. The van der Waals surface area contributed by atoms with Gasteiger partial charge in [-0.15, -0.1) is 0 Å². The van der Waals surface area contributed by atoms with Gasteiger partial charge >= 0.3 is 0 Å². The number of nitrogens with two attached hydrogens (primary N) is 1. The topological polar surface area (TPSA) is 29.3 Å². The minimum Gasteiger partial charge on any atom is -0.398 e. The Hall–Kier alpha value is -0.540. The summed E-state index contributed by atoms with van der Waals surface area (Å²) in [5.41, 5.74) is 8.06. The molecule has 0 aliphatic heterocycles. The van der Waals surface area contributed by atoms with Gasteiger partial charge in [-0.05, 0) is 58.9 Å². The van der Waals surface area contributed by atoms with Crippen molar-refractivity contribution >= 4 is 21.6 Å². The Morgan fingerprint density at radius 3 is 2.71 bits per heavy atom. The summed E-state index contributed by atoms with van der Waals surface area (Å²) in [5, 5.41) is 0. The third-order valence-corrected chi connectivity index (χ3v) is 4.38. The van der Waals surface area contributed by atoms with Crippen molar-refractivity contribution in [3.8, 4) is 0 Å². The van der Waals surface area contributed by atoms with Crippen molar-refractivity contribution in [2.45, 2.75) is 32.7 Å². The summed E-state index contributed by atoms with van der Waals surface area (Å²) >= 11 is 3.43. The van der Waals surface area contributed by atoms with Gasteiger partial charge in [0, 0.05) is 23.2 Å². The van der Waals surface area contributed by atoms with Crippen LogP contribution >= 0.6 is 15.9 Å². The van der Waals surface area contributed by atoms with Gasteiger partial charge in [0.15, 0.2) is 0 Å². The minimum atomic E-state index is 0.835. The van der Waals surface area contributed by atoms with Crippen LogP contribution in [0.5, 0.6) is 0 Å². The molecule has 0 bridgehead atoms. The van der Waals surface area contributed by atoms with E-state index in [4.69, 9.17) is 5.73 Å². The molecule has 1 fully saturated rings. The SMILES string of the molecule is CCN(Cc1ccc(Br)c(N)c1)CC1CCC1. The molecule has 1 saturated carbocycles. The minimum absolute atomic E-state index is 0.835. The average Bonchev–Trinajstić information content (AvgIpc) is 2.26. The second-order valence-corrected chi connectivity index (χ2v) is 5.83. The highest BCUT2D eigenvalue weighted by atomic mass is 79.9. The molecule has 1 aliphatic carbocycles. The summed E-state index contributed by atoms with van der Waals surface area (Å²) in [4.78, 5) is 2.52. The fourth-order valence-corrected chi connectivity index (χ4v) is 2.54. The lowest BCUT2D eigenvalue weighted by molar-refractivity contribution is 0.178. The van der Waals surface area contributed by atoms with E-state index in [1.54, 1.807) is 0 Å². The predicted molar refractivity (Wildman–Crippen MR) is 76.8 cm³/mol. The Morgan fingerprint density at radius 1 is 1.41 bits per heavy atom. The van der Waals surface area contributed by atoms with Crippen molar-refractivity contribution in [3.63, 3.8) is 0 Å². The van der Waals surface area contributed by atoms with E-state index in [0.29, 0.717) is 0 Å². The van der Waals surface area contributed by atoms with Gasteiger partial charge in [0.05, 0.1) is 0 Å². The fourth-order valence-electron chi connectivity index (χ4n) is 2.30. The van der Waals surface area contributed by atoms with Gasteiger partial charge < -0.3 is 5.73 Å². The van der Waals surface area contributed by atoms with Crippen LogP contribution in [-0.2, 0) is 6.54 Å². The third kappa shape index (κ3) is 3.46. The van der Waals surface area contributed by atoms with Crippen LogP contribution in [0.1, 0.15) is 31.7 Å². The lowest BCUT2D eigenvalue weighted by Crippen LogP contribution is -2.32. The summed E-state index contributed by atoms with van der Waals surface area (Å²) in [6.07, 6.45) is 4.26. The van der Waals surface area contributed by atoms with Gasteiger partial charge in [0.25, 0.3) is 0 Å². The molecular formula is C14H21BrN2. The molecular weight excluding hydrogens is 276 g/mol. The third-order valence-electron chi connectivity index (χ3n) is 3.65. The molecule has 1 aromatic carbocycles. The monoisotopic (exact) mass is 296 g/mol. The first kappa shape index (κ1) is 12.9. The van der Waals surface area contributed by atoms with Crippen LogP contribution < -0.4 is 5.73 Å². The molecule has 0 heterocycles. The van der Waals surface area contributed by atoms with Gasteiger partial charge in [-0.2, -0.15) is 0 Å². The van der Waals surface area contributed by atoms with Crippen molar-refractivity contribution in [1.29, 1.82) is 0 Å². The second-order valence-electron chi connectivity index (χ2n) is 4.98. The van der Waals surface area contributed by atoms with Gasteiger partial charge in [-0.3, -0.25) is 4.90 Å². The fraction of sp³-hybridized carbons (Fsp3) is 0.571. The first-order valence-corrected chi connectivity index (χ1v) is 7.24. The van der Waals surface area contributed by atoms with E-state index in [0.717, 1.165) is 29.2 Å². The number of halogens is 1. The zero-order chi connectivity index (χ0) is 12.3. The lowest BCUT2D eigenvalue weighted by Gasteiger charge is -2.31. The van der Waals surface area contributed by atoms with Crippen molar-refractivity contribution in [1.82, 2.24) is 4.90 Å². The van der Waals surface area contributed by atoms with Crippen LogP contribution in [0.15, 0.2) is 22.7 Å². The van der Waals surface area contributed by atoms with Gasteiger partial charge in [-0.1, -0.05) is 19.4 Å². The molecule has 17 heavy (non-hydrogen) atoms. The molecule has 0 saturated heterocycles. The highest BCUT2D eigenvalue weighted by Crippen LogP contribution is 2.28. The van der Waals surface area contributed by atoms with Crippen LogP contribution in [0.3, 0.4) is 0 Å². The van der Waals surface area contributed by atoms with E-state index in [1.165, 1.54) is 31.4 Å². The largest absolute Gasteiger partial charge is 0.398 e. The number of hydrogen-bond donors (Lipinski definition) is 1.